The minimum atomic E-state index is -5.08. The summed E-state index contributed by atoms with van der Waals surface area (Å²) in [6.45, 7) is 4.18. The van der Waals surface area contributed by atoms with E-state index in [0.717, 1.165) is 25.0 Å². The smallest absolute Gasteiger partial charge is 0.475 e. The summed E-state index contributed by atoms with van der Waals surface area (Å²) in [5.74, 6) is -3.00. The minimum Gasteiger partial charge on any atom is -0.475 e. The van der Waals surface area contributed by atoms with Crippen LogP contribution >= 0.6 is 0 Å². The van der Waals surface area contributed by atoms with Gasteiger partial charge in [0, 0.05) is 50.7 Å². The molecule has 1 aliphatic carbocycles. The number of piperazine rings is 1. The predicted molar refractivity (Wildman–Crippen MR) is 149 cm³/mol. The molecule has 4 heterocycles. The second kappa shape index (κ2) is 13.1. The fraction of sp³-hybridized carbons (Fsp3) is 0.607. The Morgan fingerprint density at radius 1 is 0.891 bits per heavy atom. The van der Waals surface area contributed by atoms with Crippen LogP contribution in [0, 0.1) is 0 Å². The molecule has 2 amide bonds. The number of nitrogens with one attached hydrogen (secondary N) is 1. The number of aliphatic carboxylic acids is 1. The van der Waals surface area contributed by atoms with Gasteiger partial charge < -0.3 is 34.6 Å². The Balaban J connectivity index is 0.000000537. The van der Waals surface area contributed by atoms with Crippen LogP contribution in [0.25, 0.3) is 10.9 Å². The van der Waals surface area contributed by atoms with E-state index in [-0.39, 0.29) is 23.1 Å². The zero-order chi connectivity index (χ0) is 33.3. The topological polar surface area (TPSA) is 137 Å². The Bertz CT molecular complexity index is 1440. The lowest BCUT2D eigenvalue weighted by atomic mass is 9.75. The lowest BCUT2D eigenvalue weighted by Crippen LogP contribution is -2.57. The molecule has 3 saturated heterocycles. The van der Waals surface area contributed by atoms with Crippen LogP contribution in [0.15, 0.2) is 18.2 Å². The van der Waals surface area contributed by atoms with E-state index in [9.17, 15) is 35.9 Å². The molecule has 18 heteroatoms. The highest BCUT2D eigenvalue weighted by molar-refractivity contribution is 6.35. The van der Waals surface area contributed by atoms with Crippen molar-refractivity contribution in [2.24, 2.45) is 0 Å². The van der Waals surface area contributed by atoms with Crippen molar-refractivity contribution < 1.29 is 55.3 Å². The lowest BCUT2D eigenvalue weighted by molar-refractivity contribution is -0.194. The molecule has 0 atom stereocenters. The number of halogens is 6. The fourth-order valence-electron chi connectivity index (χ4n) is 5.83. The number of carboxylic acid groups (broad SMARTS) is 1. The highest BCUT2D eigenvalue weighted by Gasteiger charge is 2.47. The molecule has 12 nitrogen and oxygen atoms in total. The molecule has 4 aliphatic rings. The highest BCUT2D eigenvalue weighted by Crippen LogP contribution is 2.41. The molecular weight excluding hydrogens is 630 g/mol. The van der Waals surface area contributed by atoms with E-state index in [1.165, 1.54) is 11.0 Å². The van der Waals surface area contributed by atoms with E-state index in [0.29, 0.717) is 83.1 Å². The van der Waals surface area contributed by atoms with Crippen molar-refractivity contribution in [3.05, 3.63) is 23.8 Å². The molecule has 1 spiro atoms. The summed E-state index contributed by atoms with van der Waals surface area (Å²) < 4.78 is 83.7. The number of likely N-dealkylation sites (tertiary alicyclic amines) is 1. The summed E-state index contributed by atoms with van der Waals surface area (Å²) in [6, 6.07) is 3.52. The number of hydrogen-bond acceptors (Lipinski definition) is 9. The average molecular weight is 663 g/mol. The van der Waals surface area contributed by atoms with Crippen molar-refractivity contribution in [1.29, 1.82) is 0 Å². The number of carbonyl (C=O) groups is 3. The number of alkyl halides is 6. The van der Waals surface area contributed by atoms with Crippen LogP contribution in [-0.4, -0.2) is 120 Å². The number of ether oxygens (including phenoxy) is 2. The fourth-order valence-corrected chi connectivity index (χ4v) is 5.83. The molecular formula is C28H32F6N6O6. The van der Waals surface area contributed by atoms with Gasteiger partial charge in [0.2, 0.25) is 5.95 Å². The van der Waals surface area contributed by atoms with E-state index in [4.69, 9.17) is 24.4 Å². The maximum Gasteiger partial charge on any atom is 0.490 e. The quantitative estimate of drug-likeness (QED) is 0.373. The Kier molecular flexibility index (Phi) is 9.49. The predicted octanol–water partition coefficient (Wildman–Crippen LogP) is 2.91. The van der Waals surface area contributed by atoms with Gasteiger partial charge in [-0.15, -0.1) is 0 Å². The molecule has 2 aromatic rings. The Hall–Kier alpha value is -3.93. The van der Waals surface area contributed by atoms with Gasteiger partial charge in [-0.3, -0.25) is 9.59 Å². The number of nitrogens with zero attached hydrogens (tertiary/aromatic N) is 5. The summed E-state index contributed by atoms with van der Waals surface area (Å²) >= 11 is 0. The van der Waals surface area contributed by atoms with Gasteiger partial charge in [-0.25, -0.2) is 9.78 Å². The van der Waals surface area contributed by atoms with Gasteiger partial charge in [-0.2, -0.15) is 31.3 Å². The molecule has 46 heavy (non-hydrogen) atoms. The molecule has 2 N–H and O–H groups in total. The maximum atomic E-state index is 13.5. The van der Waals surface area contributed by atoms with Gasteiger partial charge in [-0.05, 0) is 43.9 Å². The number of benzene rings is 1. The molecule has 0 radical (unpaired) electrons. The van der Waals surface area contributed by atoms with Gasteiger partial charge >= 0.3 is 30.1 Å². The first-order chi connectivity index (χ1) is 21.6. The molecule has 1 aromatic carbocycles. The number of hydrogen-bond donors (Lipinski definition) is 2. The molecule has 3 aliphatic heterocycles. The van der Waals surface area contributed by atoms with Crippen molar-refractivity contribution in [3.8, 4) is 0 Å². The van der Waals surface area contributed by atoms with Crippen molar-refractivity contribution in [1.82, 2.24) is 19.8 Å². The molecule has 1 saturated carbocycles. The number of fused-ring (bicyclic) bond motifs is 1. The summed E-state index contributed by atoms with van der Waals surface area (Å²) in [4.78, 5) is 48.3. The molecule has 0 bridgehead atoms. The summed E-state index contributed by atoms with van der Waals surface area (Å²) in [6.07, 6.45) is -6.36. The van der Waals surface area contributed by atoms with E-state index in [1.54, 1.807) is 4.90 Å². The van der Waals surface area contributed by atoms with Gasteiger partial charge in [0.05, 0.1) is 36.5 Å². The van der Waals surface area contributed by atoms with Gasteiger partial charge in [0.25, 0.3) is 0 Å². The van der Waals surface area contributed by atoms with Crippen molar-refractivity contribution in [2.45, 2.75) is 49.7 Å². The normalized spacial score (nSPS) is 23.5. The summed E-state index contributed by atoms with van der Waals surface area (Å²) in [5.41, 5.74) is -0.913. The van der Waals surface area contributed by atoms with E-state index in [1.807, 2.05) is 4.90 Å². The van der Waals surface area contributed by atoms with E-state index in [2.05, 4.69) is 10.3 Å². The number of carbonyl (C=O) groups excluding carboxylic acids is 2. The molecule has 6 rings (SSSR count). The SMILES string of the molecule is O=C(C(=O)N1CCN(c2nc(NC3CC4(COCCO4)C3)c3ccc(C(F)(F)F)cc3n2)CC1)N1CCCC1.O=C(O)C(F)(F)F. The van der Waals surface area contributed by atoms with Gasteiger partial charge in [0.15, 0.2) is 0 Å². The monoisotopic (exact) mass is 662 g/mol. The molecule has 0 unspecified atom stereocenters. The Labute approximate surface area is 258 Å². The van der Waals surface area contributed by atoms with Crippen molar-refractivity contribution in [3.63, 3.8) is 0 Å². The summed E-state index contributed by atoms with van der Waals surface area (Å²) in [5, 5.41) is 11.0. The first-order valence-corrected chi connectivity index (χ1v) is 14.7. The van der Waals surface area contributed by atoms with Gasteiger partial charge in [-0.1, -0.05) is 0 Å². The zero-order valence-electron chi connectivity index (χ0n) is 24.5. The van der Waals surface area contributed by atoms with Crippen LogP contribution < -0.4 is 10.2 Å². The largest absolute Gasteiger partial charge is 0.490 e. The summed E-state index contributed by atoms with van der Waals surface area (Å²) in [7, 11) is 0. The van der Waals surface area contributed by atoms with Gasteiger partial charge in [0.1, 0.15) is 5.82 Å². The van der Waals surface area contributed by atoms with Crippen LogP contribution in [0.4, 0.5) is 38.1 Å². The maximum absolute atomic E-state index is 13.5. The molecule has 1 aromatic heterocycles. The Morgan fingerprint density at radius 2 is 1.50 bits per heavy atom. The average Bonchev–Trinajstić information content (AvgIpc) is 3.54. The zero-order valence-corrected chi connectivity index (χ0v) is 24.5. The second-order valence-corrected chi connectivity index (χ2v) is 11.5. The van der Waals surface area contributed by atoms with Crippen LogP contribution in [0.1, 0.15) is 31.2 Å². The van der Waals surface area contributed by atoms with E-state index >= 15 is 0 Å². The van der Waals surface area contributed by atoms with Crippen molar-refractivity contribution >= 4 is 40.5 Å². The number of carboxylic acids is 1. The number of anilines is 2. The standard InChI is InChI=1S/C26H31F3N6O4.C2HF3O2/c27-26(28,29)17-3-4-19-20(13-17)31-24(32-21(19)30-18-14-25(15-18)16-38-11-12-39-25)35-9-7-34(8-10-35)23(37)22(36)33-5-1-2-6-33;3-2(4,5)1(6)7/h3-4,13,18H,1-2,5-12,14-16H2,(H,30,31,32);(H,6,7). The third kappa shape index (κ3) is 7.54. The highest BCUT2D eigenvalue weighted by atomic mass is 19.4. The number of rotatable bonds is 3. The first kappa shape index (κ1) is 33.4. The minimum absolute atomic E-state index is 0.0333. The van der Waals surface area contributed by atoms with Crippen LogP contribution in [-0.2, 0) is 30.0 Å². The van der Waals surface area contributed by atoms with Crippen LogP contribution in [0.2, 0.25) is 0 Å². The number of aromatic nitrogens is 2. The third-order valence-electron chi connectivity index (χ3n) is 8.26. The molecule has 252 valence electrons. The third-order valence-corrected chi connectivity index (χ3v) is 8.26. The Morgan fingerprint density at radius 3 is 2.04 bits per heavy atom. The first-order valence-electron chi connectivity index (χ1n) is 14.7. The number of amides is 2. The van der Waals surface area contributed by atoms with Crippen LogP contribution in [0.3, 0.4) is 0 Å². The van der Waals surface area contributed by atoms with Crippen LogP contribution in [0.5, 0.6) is 0 Å². The second-order valence-electron chi connectivity index (χ2n) is 11.5. The van der Waals surface area contributed by atoms with E-state index < -0.39 is 35.7 Å². The van der Waals surface area contributed by atoms with Crippen molar-refractivity contribution in [2.75, 3.05) is 69.3 Å². The lowest BCUT2D eigenvalue weighted by Gasteiger charge is -2.49. The molecule has 4 fully saturated rings.